The van der Waals surface area contributed by atoms with Gasteiger partial charge in [-0.3, -0.25) is 4.99 Å². The van der Waals surface area contributed by atoms with Crippen LogP contribution in [0.1, 0.15) is 51.5 Å². The fraction of sp³-hybridized carbons (Fsp3) is 0.619. The second-order valence-electron chi connectivity index (χ2n) is 6.15. The number of carbonyl (C=O) groups excluding carboxylic acids is 1. The third-order valence-electron chi connectivity index (χ3n) is 3.74. The van der Waals surface area contributed by atoms with Gasteiger partial charge in [-0.05, 0) is 43.3 Å². The predicted octanol–water partition coefficient (Wildman–Crippen LogP) is 5.05. The monoisotopic (exact) mass is 394 g/mol. The van der Waals surface area contributed by atoms with Crippen LogP contribution in [0.5, 0.6) is 0 Å². The van der Waals surface area contributed by atoms with E-state index in [0.717, 1.165) is 18.5 Å². The minimum atomic E-state index is -0.462. The number of hydrogen-bond acceptors (Lipinski definition) is 5. The molecule has 0 aliphatic heterocycles. The molecule has 0 fully saturated rings. The molecule has 0 saturated heterocycles. The average molecular weight is 395 g/mol. The molecule has 5 nitrogen and oxygen atoms in total. The number of ether oxygens (including phenoxy) is 2. The van der Waals surface area contributed by atoms with Crippen molar-refractivity contribution in [2.45, 2.75) is 52.6 Å². The highest BCUT2D eigenvalue weighted by Crippen LogP contribution is 2.08. The first-order valence-electron chi connectivity index (χ1n) is 9.94. The summed E-state index contributed by atoms with van der Waals surface area (Å²) in [6.45, 7) is 5.92. The van der Waals surface area contributed by atoms with Crippen LogP contribution in [0.15, 0.2) is 35.3 Å². The van der Waals surface area contributed by atoms with Crippen LogP contribution in [0.2, 0.25) is 0 Å². The molecule has 1 N–H and O–H groups in total. The second-order valence-corrected chi connectivity index (χ2v) is 7.38. The summed E-state index contributed by atoms with van der Waals surface area (Å²) in [5.41, 5.74) is 0.958. The molecular weight excluding hydrogens is 360 g/mol. The lowest BCUT2D eigenvalue weighted by Gasteiger charge is -2.10. The number of aliphatic imine (C=N–C) groups is 1. The zero-order valence-electron chi connectivity index (χ0n) is 16.7. The summed E-state index contributed by atoms with van der Waals surface area (Å²) in [5, 5.41) is 2.70. The van der Waals surface area contributed by atoms with Gasteiger partial charge in [0.2, 0.25) is 5.90 Å². The molecule has 27 heavy (non-hydrogen) atoms. The van der Waals surface area contributed by atoms with Crippen molar-refractivity contribution in [3.8, 4) is 0 Å². The number of unbranched alkanes of at least 4 members (excludes halogenated alkanes) is 3. The van der Waals surface area contributed by atoms with E-state index in [-0.39, 0.29) is 13.2 Å². The van der Waals surface area contributed by atoms with E-state index in [2.05, 4.69) is 17.2 Å². The number of nitrogens with zero attached hydrogens (tertiary/aromatic N) is 1. The number of thioether (sulfide) groups is 1. The highest BCUT2D eigenvalue weighted by molar-refractivity contribution is 7.99. The van der Waals surface area contributed by atoms with Crippen LogP contribution in [0, 0.1) is 0 Å². The summed E-state index contributed by atoms with van der Waals surface area (Å²) in [6.07, 6.45) is 5.56. The minimum Gasteiger partial charge on any atom is -0.480 e. The maximum Gasteiger partial charge on any atom is 0.407 e. The Hall–Kier alpha value is -1.69. The van der Waals surface area contributed by atoms with Gasteiger partial charge in [-0.1, -0.05) is 50.1 Å². The Morgan fingerprint density at radius 1 is 1.04 bits per heavy atom. The molecule has 0 heterocycles. The maximum atomic E-state index is 11.8. The summed E-state index contributed by atoms with van der Waals surface area (Å²) in [7, 11) is 0. The molecule has 1 aromatic carbocycles. The third kappa shape index (κ3) is 13.2. The highest BCUT2D eigenvalue weighted by atomic mass is 32.2. The Balaban J connectivity index is 2.16. The molecule has 1 amide bonds. The van der Waals surface area contributed by atoms with Crippen molar-refractivity contribution in [3.63, 3.8) is 0 Å². The van der Waals surface area contributed by atoms with E-state index in [1.165, 1.54) is 37.2 Å². The molecule has 0 spiro atoms. The van der Waals surface area contributed by atoms with Gasteiger partial charge < -0.3 is 14.8 Å². The summed E-state index contributed by atoms with van der Waals surface area (Å²) in [4.78, 5) is 16.3. The Bertz CT molecular complexity index is 523. The van der Waals surface area contributed by atoms with Crippen LogP contribution in [-0.4, -0.2) is 43.2 Å². The number of carbonyl (C=O) groups is 1. The number of alkyl carbamates (subject to hydrolysis) is 1. The first kappa shape index (κ1) is 23.3. The zero-order chi connectivity index (χ0) is 19.6. The Morgan fingerprint density at radius 2 is 1.81 bits per heavy atom. The summed E-state index contributed by atoms with van der Waals surface area (Å²) >= 11 is 2.04. The lowest BCUT2D eigenvalue weighted by molar-refractivity contribution is 0.140. The van der Waals surface area contributed by atoms with Crippen molar-refractivity contribution in [1.82, 2.24) is 5.32 Å². The van der Waals surface area contributed by atoms with Gasteiger partial charge in [0.05, 0.1) is 13.2 Å². The fourth-order valence-corrected chi connectivity index (χ4v) is 3.26. The standard InChI is InChI=1S/C21H34N2O3S/c1-3-15-27-16-11-6-5-10-14-22-20(25-4-2)17-23-21(24)26-18-19-12-8-7-9-13-19/h7-9,12-13H,3-6,10-11,14-18H2,1-2H3,(H,23,24). The van der Waals surface area contributed by atoms with Crippen molar-refractivity contribution >= 4 is 23.8 Å². The maximum absolute atomic E-state index is 11.8. The van der Waals surface area contributed by atoms with Crippen molar-refractivity contribution in [3.05, 3.63) is 35.9 Å². The molecule has 1 aromatic rings. The van der Waals surface area contributed by atoms with Gasteiger partial charge in [0.1, 0.15) is 6.61 Å². The molecule has 0 bridgehead atoms. The molecule has 0 unspecified atom stereocenters. The summed E-state index contributed by atoms with van der Waals surface area (Å²) < 4.78 is 10.7. The largest absolute Gasteiger partial charge is 0.480 e. The number of hydrogen-bond donors (Lipinski definition) is 1. The number of nitrogens with one attached hydrogen (secondary N) is 1. The lowest BCUT2D eigenvalue weighted by Crippen LogP contribution is -2.31. The van der Waals surface area contributed by atoms with Crippen LogP contribution >= 0.6 is 11.8 Å². The van der Waals surface area contributed by atoms with E-state index in [4.69, 9.17) is 9.47 Å². The second kappa shape index (κ2) is 16.5. The van der Waals surface area contributed by atoms with E-state index >= 15 is 0 Å². The number of rotatable bonds is 14. The first-order chi connectivity index (χ1) is 13.3. The van der Waals surface area contributed by atoms with Crippen LogP contribution < -0.4 is 5.32 Å². The van der Waals surface area contributed by atoms with Crippen molar-refractivity contribution in [2.75, 3.05) is 31.2 Å². The van der Waals surface area contributed by atoms with Gasteiger partial charge in [-0.15, -0.1) is 0 Å². The van der Waals surface area contributed by atoms with Gasteiger partial charge in [0.15, 0.2) is 0 Å². The van der Waals surface area contributed by atoms with Crippen LogP contribution in [-0.2, 0) is 16.1 Å². The van der Waals surface area contributed by atoms with E-state index in [9.17, 15) is 4.79 Å². The fourth-order valence-electron chi connectivity index (χ4n) is 2.36. The van der Waals surface area contributed by atoms with Crippen molar-refractivity contribution in [2.24, 2.45) is 4.99 Å². The van der Waals surface area contributed by atoms with Crippen molar-refractivity contribution in [1.29, 1.82) is 0 Å². The first-order valence-corrected chi connectivity index (χ1v) is 11.1. The lowest BCUT2D eigenvalue weighted by atomic mass is 10.2. The smallest absolute Gasteiger partial charge is 0.407 e. The van der Waals surface area contributed by atoms with Crippen LogP contribution in [0.4, 0.5) is 4.79 Å². The Kier molecular flexibility index (Phi) is 14.3. The summed E-state index contributed by atoms with van der Waals surface area (Å²) in [5.74, 6) is 3.09. The molecule has 0 aliphatic rings. The Morgan fingerprint density at radius 3 is 2.56 bits per heavy atom. The average Bonchev–Trinajstić information content (AvgIpc) is 2.70. The zero-order valence-corrected chi connectivity index (χ0v) is 17.6. The molecule has 0 saturated carbocycles. The van der Waals surface area contributed by atoms with E-state index in [1.807, 2.05) is 49.0 Å². The quantitative estimate of drug-likeness (QED) is 0.272. The minimum absolute atomic E-state index is 0.254. The molecule has 152 valence electrons. The van der Waals surface area contributed by atoms with Gasteiger partial charge >= 0.3 is 6.09 Å². The normalized spacial score (nSPS) is 11.3. The molecule has 0 atom stereocenters. The van der Waals surface area contributed by atoms with Crippen LogP contribution in [0.25, 0.3) is 0 Å². The highest BCUT2D eigenvalue weighted by Gasteiger charge is 2.06. The van der Waals surface area contributed by atoms with Gasteiger partial charge in [-0.2, -0.15) is 11.8 Å². The molecule has 0 aromatic heterocycles. The topological polar surface area (TPSA) is 59.9 Å². The molecular formula is C21H34N2O3S. The summed E-state index contributed by atoms with van der Waals surface area (Å²) in [6, 6.07) is 9.60. The van der Waals surface area contributed by atoms with Gasteiger partial charge in [0, 0.05) is 6.54 Å². The van der Waals surface area contributed by atoms with Crippen molar-refractivity contribution < 1.29 is 14.3 Å². The number of benzene rings is 1. The Labute approximate surface area is 168 Å². The predicted molar refractivity (Wildman–Crippen MR) is 115 cm³/mol. The van der Waals surface area contributed by atoms with Gasteiger partial charge in [0.25, 0.3) is 0 Å². The van der Waals surface area contributed by atoms with Gasteiger partial charge in [-0.25, -0.2) is 4.79 Å². The van der Waals surface area contributed by atoms with E-state index in [1.54, 1.807) is 0 Å². The molecule has 1 rings (SSSR count). The third-order valence-corrected chi connectivity index (χ3v) is 5.02. The van der Waals surface area contributed by atoms with E-state index in [0.29, 0.717) is 12.5 Å². The van der Waals surface area contributed by atoms with Crippen LogP contribution in [0.3, 0.4) is 0 Å². The number of amides is 1. The molecule has 0 radical (unpaired) electrons. The molecule has 0 aliphatic carbocycles. The molecule has 6 heteroatoms. The SMILES string of the molecule is CCCSCCCCCCN=C(CNC(=O)OCc1ccccc1)OCC. The van der Waals surface area contributed by atoms with E-state index < -0.39 is 6.09 Å².